The Labute approximate surface area is 223 Å². The third-order valence-electron chi connectivity index (χ3n) is 6.75. The number of rotatable bonds is 16. The Morgan fingerprint density at radius 1 is 0.529 bits per heavy atom. The summed E-state index contributed by atoms with van der Waals surface area (Å²) in [7, 11) is 0. The smallest absolute Gasteiger partial charge is 0.0475 e. The summed E-state index contributed by atoms with van der Waals surface area (Å²) in [5.41, 5.74) is 3.13. The van der Waals surface area contributed by atoms with E-state index in [-0.39, 0.29) is 0 Å². The number of thiophene rings is 4. The van der Waals surface area contributed by atoms with Gasteiger partial charge in [-0.1, -0.05) is 78.1 Å². The first-order valence-corrected chi connectivity index (χ1v) is 16.9. The quantitative estimate of drug-likeness (QED) is 0.127. The van der Waals surface area contributed by atoms with Gasteiger partial charge < -0.3 is 0 Å². The summed E-state index contributed by atoms with van der Waals surface area (Å²) in [6.07, 6.45) is 18.9. The minimum absolute atomic E-state index is 1.23. The van der Waals surface area contributed by atoms with Crippen LogP contribution in [0.25, 0.3) is 28.9 Å². The zero-order valence-electron chi connectivity index (χ0n) is 21.0. The van der Waals surface area contributed by atoms with Gasteiger partial charge in [0.1, 0.15) is 0 Å². The molecule has 0 atom stereocenters. The summed E-state index contributed by atoms with van der Waals surface area (Å²) in [5, 5.41) is 4.59. The van der Waals surface area contributed by atoms with Crippen LogP contribution < -0.4 is 0 Å². The molecule has 0 amide bonds. The highest BCUT2D eigenvalue weighted by Gasteiger charge is 2.15. The Morgan fingerprint density at radius 3 is 1.38 bits per heavy atom. The number of aryl methyl sites for hydroxylation is 2. The van der Waals surface area contributed by atoms with Gasteiger partial charge >= 0.3 is 0 Å². The van der Waals surface area contributed by atoms with Crippen LogP contribution in [0, 0.1) is 0 Å². The van der Waals surface area contributed by atoms with Crippen molar-refractivity contribution in [3.05, 3.63) is 46.2 Å². The van der Waals surface area contributed by atoms with E-state index in [0.717, 1.165) is 0 Å². The van der Waals surface area contributed by atoms with Crippen molar-refractivity contribution in [1.82, 2.24) is 0 Å². The second-order valence-corrected chi connectivity index (χ2v) is 13.5. The van der Waals surface area contributed by atoms with Crippen molar-refractivity contribution >= 4 is 54.7 Å². The highest BCUT2D eigenvalue weighted by molar-refractivity contribution is 7.33. The maximum Gasteiger partial charge on any atom is 0.0475 e. The molecular weight excluding hydrogens is 489 g/mol. The lowest BCUT2D eigenvalue weighted by molar-refractivity contribution is 0.608. The van der Waals surface area contributed by atoms with Crippen LogP contribution >= 0.6 is 45.3 Å². The summed E-state index contributed by atoms with van der Waals surface area (Å²) in [5.74, 6) is 0. The molecule has 4 rings (SSSR count). The van der Waals surface area contributed by atoms with Gasteiger partial charge in [0, 0.05) is 28.9 Å². The van der Waals surface area contributed by atoms with Gasteiger partial charge in [-0.25, -0.2) is 0 Å². The van der Waals surface area contributed by atoms with Gasteiger partial charge in [-0.2, -0.15) is 0 Å². The van der Waals surface area contributed by atoms with Gasteiger partial charge in [-0.3, -0.25) is 0 Å². The molecule has 0 saturated carbocycles. The number of hydrogen-bond donors (Lipinski definition) is 0. The fraction of sp³-hybridized carbons (Fsp3) is 0.533. The lowest BCUT2D eigenvalue weighted by atomic mass is 10.1. The van der Waals surface area contributed by atoms with Crippen LogP contribution in [0.3, 0.4) is 0 Å². The molecule has 0 fully saturated rings. The van der Waals surface area contributed by atoms with E-state index in [2.05, 4.69) is 48.9 Å². The molecule has 0 aliphatic rings. The summed E-state index contributed by atoms with van der Waals surface area (Å²) in [4.78, 5) is 5.98. The van der Waals surface area contributed by atoms with Gasteiger partial charge in [-0.15, -0.1) is 45.3 Å². The van der Waals surface area contributed by atoms with Gasteiger partial charge in [-0.05, 0) is 71.8 Å². The number of hydrogen-bond acceptors (Lipinski definition) is 4. The summed E-state index contributed by atoms with van der Waals surface area (Å²) in [6.45, 7) is 4.59. The molecule has 0 N–H and O–H groups in total. The van der Waals surface area contributed by atoms with Crippen molar-refractivity contribution in [2.45, 2.75) is 104 Å². The van der Waals surface area contributed by atoms with Crippen LogP contribution in [0.15, 0.2) is 35.0 Å². The van der Waals surface area contributed by atoms with Gasteiger partial charge in [0.05, 0.1) is 0 Å². The van der Waals surface area contributed by atoms with Crippen LogP contribution in [-0.4, -0.2) is 0 Å². The summed E-state index contributed by atoms with van der Waals surface area (Å²) in [6, 6.07) is 9.66. The zero-order chi connectivity index (χ0) is 23.6. The molecule has 0 saturated heterocycles. The van der Waals surface area contributed by atoms with Crippen LogP contribution in [-0.2, 0) is 12.8 Å². The Hall–Kier alpha value is -0.940. The monoisotopic (exact) mass is 528 g/mol. The third-order valence-corrected chi connectivity index (χ3v) is 11.3. The molecule has 34 heavy (non-hydrogen) atoms. The molecule has 0 nitrogen and oxygen atoms in total. The van der Waals surface area contributed by atoms with Gasteiger partial charge in [0.25, 0.3) is 0 Å². The van der Waals surface area contributed by atoms with Gasteiger partial charge in [0.15, 0.2) is 0 Å². The number of unbranched alkanes of at least 4 members (excludes halogenated alkanes) is 10. The highest BCUT2D eigenvalue weighted by atomic mass is 32.1. The standard InChI is InChI=1S/C30H40S4/c1-3-5-7-9-11-13-15-23-17-19-31-29(23)27-21-25-26(33-27)22-28(34-25)30-24(18-20-32-30)16-14-12-10-8-6-4-2/h17-22H,3-16H2,1-2H3. The van der Waals surface area contributed by atoms with E-state index in [4.69, 9.17) is 0 Å². The van der Waals surface area contributed by atoms with Gasteiger partial charge in [0.2, 0.25) is 0 Å². The molecule has 4 aromatic rings. The fourth-order valence-electron chi connectivity index (χ4n) is 4.75. The van der Waals surface area contributed by atoms with Crippen LogP contribution in [0.2, 0.25) is 0 Å². The van der Waals surface area contributed by atoms with E-state index in [9.17, 15) is 0 Å². The van der Waals surface area contributed by atoms with Crippen molar-refractivity contribution in [3.8, 4) is 19.5 Å². The second kappa shape index (κ2) is 14.0. The Morgan fingerprint density at radius 2 is 0.941 bits per heavy atom. The van der Waals surface area contributed by atoms with E-state index in [1.165, 1.54) is 119 Å². The SMILES string of the molecule is CCCCCCCCc1ccsc1-c1cc2sc(-c3sccc3CCCCCCCC)cc2s1. The highest BCUT2D eigenvalue weighted by Crippen LogP contribution is 2.45. The lowest BCUT2D eigenvalue weighted by Crippen LogP contribution is -1.86. The van der Waals surface area contributed by atoms with Crippen molar-refractivity contribution in [2.24, 2.45) is 0 Å². The van der Waals surface area contributed by atoms with Crippen LogP contribution in [0.1, 0.15) is 102 Å². The second-order valence-electron chi connectivity index (χ2n) is 9.54. The Balaban J connectivity index is 1.36. The average Bonchev–Trinajstić information content (AvgIpc) is 3.61. The van der Waals surface area contributed by atoms with E-state index in [1.54, 1.807) is 11.1 Å². The number of fused-ring (bicyclic) bond motifs is 1. The Bertz CT molecular complexity index is 991. The van der Waals surface area contributed by atoms with Crippen molar-refractivity contribution in [2.75, 3.05) is 0 Å². The molecule has 184 valence electrons. The molecule has 0 spiro atoms. The molecule has 0 aromatic carbocycles. The maximum absolute atomic E-state index is 2.46. The minimum atomic E-state index is 1.23. The predicted molar refractivity (Wildman–Crippen MR) is 160 cm³/mol. The van der Waals surface area contributed by atoms with Crippen molar-refractivity contribution in [1.29, 1.82) is 0 Å². The molecule has 4 heterocycles. The predicted octanol–water partition coefficient (Wildman–Crippen LogP) is 12.2. The van der Waals surface area contributed by atoms with Crippen LogP contribution in [0.4, 0.5) is 0 Å². The van der Waals surface area contributed by atoms with E-state index in [1.807, 2.05) is 45.3 Å². The van der Waals surface area contributed by atoms with Crippen molar-refractivity contribution in [3.63, 3.8) is 0 Å². The summed E-state index contributed by atoms with van der Waals surface area (Å²) >= 11 is 7.86. The molecule has 4 heteroatoms. The molecule has 0 unspecified atom stereocenters. The van der Waals surface area contributed by atoms with Crippen LogP contribution in [0.5, 0.6) is 0 Å². The minimum Gasteiger partial charge on any atom is -0.143 e. The summed E-state index contributed by atoms with van der Waals surface area (Å²) < 4.78 is 2.93. The van der Waals surface area contributed by atoms with E-state index in [0.29, 0.717) is 0 Å². The topological polar surface area (TPSA) is 0 Å². The normalized spacial score (nSPS) is 11.7. The molecule has 0 bridgehead atoms. The molecule has 0 aliphatic carbocycles. The van der Waals surface area contributed by atoms with E-state index < -0.39 is 0 Å². The van der Waals surface area contributed by atoms with Crippen molar-refractivity contribution < 1.29 is 0 Å². The molecule has 0 radical (unpaired) electrons. The fourth-order valence-corrected chi connectivity index (χ4v) is 9.36. The first-order valence-electron chi connectivity index (χ1n) is 13.5. The third kappa shape index (κ3) is 7.06. The first kappa shape index (κ1) is 26.1. The average molecular weight is 529 g/mol. The lowest BCUT2D eigenvalue weighted by Gasteiger charge is -2.03. The zero-order valence-corrected chi connectivity index (χ0v) is 24.3. The molecule has 4 aromatic heterocycles. The molecular formula is C30H40S4. The first-order chi connectivity index (χ1) is 16.8. The van der Waals surface area contributed by atoms with E-state index >= 15 is 0 Å². The largest absolute Gasteiger partial charge is 0.143 e. The molecule has 0 aliphatic heterocycles. The Kier molecular flexibility index (Phi) is 10.7. The maximum atomic E-state index is 2.46.